The summed E-state index contributed by atoms with van der Waals surface area (Å²) in [5.41, 5.74) is 7.57. The zero-order valence-electron chi connectivity index (χ0n) is 23.0. The van der Waals surface area contributed by atoms with Crippen molar-refractivity contribution in [2.45, 2.75) is 70.8 Å². The molecule has 3 rings (SSSR count). The second kappa shape index (κ2) is 12.9. The van der Waals surface area contributed by atoms with Crippen LogP contribution in [0.3, 0.4) is 0 Å². The number of hydrogen-bond donors (Lipinski definition) is 2. The highest BCUT2D eigenvalue weighted by atomic mass is 32.2. The van der Waals surface area contributed by atoms with E-state index in [0.29, 0.717) is 18.5 Å². The van der Waals surface area contributed by atoms with Crippen LogP contribution in [0.5, 0.6) is 0 Å². The zero-order chi connectivity index (χ0) is 27.9. The van der Waals surface area contributed by atoms with Gasteiger partial charge in [0.1, 0.15) is 11.4 Å². The number of aryl methyl sites for hydroxylation is 2. The Balaban J connectivity index is 1.58. The Morgan fingerprint density at radius 1 is 1.16 bits per heavy atom. The van der Waals surface area contributed by atoms with Gasteiger partial charge in [-0.2, -0.15) is 4.31 Å². The highest BCUT2D eigenvalue weighted by Gasteiger charge is 2.46. The molecule has 0 unspecified atom stereocenters. The molecule has 10 nitrogen and oxygen atoms in total. The third-order valence-corrected chi connectivity index (χ3v) is 8.97. The zero-order valence-corrected chi connectivity index (χ0v) is 23.8. The molecule has 1 saturated heterocycles. The molecule has 0 radical (unpaired) electrons. The summed E-state index contributed by atoms with van der Waals surface area (Å²) in [6.45, 7) is 4.97. The number of piperidine rings is 1. The first-order valence-corrected chi connectivity index (χ1v) is 14.7. The molecule has 0 aliphatic carbocycles. The van der Waals surface area contributed by atoms with Gasteiger partial charge in [-0.3, -0.25) is 14.7 Å². The van der Waals surface area contributed by atoms with Crippen molar-refractivity contribution >= 4 is 39.6 Å². The van der Waals surface area contributed by atoms with Gasteiger partial charge < -0.3 is 15.8 Å². The molecule has 0 saturated carbocycles. The minimum Gasteiger partial charge on any atom is -0.385 e. The molecule has 1 aromatic rings. The predicted molar refractivity (Wildman–Crippen MR) is 151 cm³/mol. The number of anilines is 1. The molecule has 0 bridgehead atoms. The Labute approximate surface area is 226 Å². The first-order chi connectivity index (χ1) is 18.0. The predicted octanol–water partition coefficient (Wildman–Crippen LogP) is 3.47. The van der Waals surface area contributed by atoms with Crippen LogP contribution in [0.2, 0.25) is 0 Å². The molecule has 210 valence electrons. The number of benzene rings is 1. The number of hydrogen-bond acceptors (Lipinski definition) is 6. The van der Waals surface area contributed by atoms with Gasteiger partial charge in [0.05, 0.1) is 0 Å². The lowest BCUT2D eigenvalue weighted by molar-refractivity contribution is -0.124. The number of amides is 3. The number of unbranched alkanes of at least 4 members (excludes halogenated alkanes) is 4. The van der Waals surface area contributed by atoms with Gasteiger partial charge in [0.2, 0.25) is 10.0 Å². The lowest BCUT2D eigenvalue weighted by Gasteiger charge is -2.34. The lowest BCUT2D eigenvalue weighted by atomic mass is 9.89. The van der Waals surface area contributed by atoms with E-state index in [1.807, 2.05) is 13.8 Å². The molecule has 2 aliphatic heterocycles. The molecule has 1 spiro atoms. The van der Waals surface area contributed by atoms with Crippen molar-refractivity contribution in [2.24, 2.45) is 10.7 Å². The molecule has 0 aromatic heterocycles. The van der Waals surface area contributed by atoms with Gasteiger partial charge in [-0.25, -0.2) is 13.2 Å². The number of methoxy groups -OCH3 is 1. The summed E-state index contributed by atoms with van der Waals surface area (Å²) >= 11 is 0. The number of rotatable bonds is 12. The average molecular weight is 548 g/mol. The Morgan fingerprint density at radius 3 is 2.37 bits per heavy atom. The van der Waals surface area contributed by atoms with E-state index in [1.54, 1.807) is 32.4 Å². The van der Waals surface area contributed by atoms with Crippen molar-refractivity contribution in [3.63, 3.8) is 0 Å². The molecule has 2 aliphatic rings. The van der Waals surface area contributed by atoms with Crippen molar-refractivity contribution in [1.29, 1.82) is 0 Å². The maximum Gasteiger partial charge on any atom is 0.318 e. The SMILES string of the molecule is COCCCCCCCC1=NC2(CCN(S(=O)(=O)C=Cc3c(C)cc(N(C)C(N)=O)cc3C)CC2)C(=O)N1. The number of ether oxygens (including phenoxy) is 1. The number of nitrogens with one attached hydrogen (secondary N) is 1. The van der Waals surface area contributed by atoms with Crippen LogP contribution in [0.15, 0.2) is 22.5 Å². The van der Waals surface area contributed by atoms with Gasteiger partial charge in [-0.15, -0.1) is 0 Å². The first-order valence-electron chi connectivity index (χ1n) is 13.2. The summed E-state index contributed by atoms with van der Waals surface area (Å²) in [6.07, 6.45) is 8.40. The van der Waals surface area contributed by atoms with E-state index in [0.717, 1.165) is 67.7 Å². The van der Waals surface area contributed by atoms with Crippen LogP contribution in [0.1, 0.15) is 68.1 Å². The number of nitrogens with zero attached hydrogens (tertiary/aromatic N) is 3. The van der Waals surface area contributed by atoms with Crippen LogP contribution >= 0.6 is 0 Å². The standard InChI is InChI=1S/C27H41N5O5S/c1-20-18-22(31(3)26(28)34)19-21(2)23(20)11-17-38(35,36)32-14-12-27(13-15-32)25(33)29-24(30-27)10-8-6-5-7-9-16-37-4/h11,17-19H,5-10,12-16H2,1-4H3,(H2,28,34)(H,29,30,33). The molecular formula is C27H41N5O5S. The minimum absolute atomic E-state index is 0.118. The van der Waals surface area contributed by atoms with E-state index in [2.05, 4.69) is 5.32 Å². The fourth-order valence-corrected chi connectivity index (χ4v) is 6.17. The average Bonchev–Trinajstić information content (AvgIpc) is 3.16. The number of amidine groups is 1. The largest absolute Gasteiger partial charge is 0.385 e. The number of nitrogens with two attached hydrogens (primary N) is 1. The second-order valence-corrected chi connectivity index (χ2v) is 12.0. The normalized spacial score (nSPS) is 17.7. The fourth-order valence-electron chi connectivity index (χ4n) is 5.00. The quantitative estimate of drug-likeness (QED) is 0.387. The van der Waals surface area contributed by atoms with Crippen LogP contribution in [0.25, 0.3) is 6.08 Å². The van der Waals surface area contributed by atoms with E-state index in [4.69, 9.17) is 15.5 Å². The van der Waals surface area contributed by atoms with Gasteiger partial charge in [0.25, 0.3) is 5.91 Å². The van der Waals surface area contributed by atoms with Crippen molar-refractivity contribution < 1.29 is 22.7 Å². The summed E-state index contributed by atoms with van der Waals surface area (Å²) in [4.78, 5) is 30.3. The van der Waals surface area contributed by atoms with Crippen molar-refractivity contribution in [3.8, 4) is 0 Å². The summed E-state index contributed by atoms with van der Waals surface area (Å²) in [5, 5.41) is 4.15. The van der Waals surface area contributed by atoms with E-state index >= 15 is 0 Å². The van der Waals surface area contributed by atoms with Crippen LogP contribution in [0, 0.1) is 13.8 Å². The van der Waals surface area contributed by atoms with Gasteiger partial charge in [0.15, 0.2) is 0 Å². The molecule has 1 aromatic carbocycles. The Morgan fingerprint density at radius 2 is 1.76 bits per heavy atom. The van der Waals surface area contributed by atoms with E-state index in [9.17, 15) is 18.0 Å². The highest BCUT2D eigenvalue weighted by Crippen LogP contribution is 2.32. The van der Waals surface area contributed by atoms with Gasteiger partial charge >= 0.3 is 6.03 Å². The molecular weight excluding hydrogens is 506 g/mol. The van der Waals surface area contributed by atoms with E-state index in [1.165, 1.54) is 14.6 Å². The van der Waals surface area contributed by atoms with E-state index in [-0.39, 0.29) is 19.0 Å². The topological polar surface area (TPSA) is 134 Å². The minimum atomic E-state index is -3.68. The van der Waals surface area contributed by atoms with Crippen molar-refractivity contribution in [1.82, 2.24) is 9.62 Å². The first kappa shape index (κ1) is 29.8. The summed E-state index contributed by atoms with van der Waals surface area (Å²) < 4.78 is 32.7. The maximum absolute atomic E-state index is 13.1. The summed E-state index contributed by atoms with van der Waals surface area (Å²) in [7, 11) is -0.382. The number of urea groups is 1. The monoisotopic (exact) mass is 547 g/mol. The molecule has 3 amide bonds. The number of sulfonamides is 1. The Kier molecular flexibility index (Phi) is 10.1. The van der Waals surface area contributed by atoms with Crippen molar-refractivity contribution in [3.05, 3.63) is 34.2 Å². The Hall–Kier alpha value is -2.76. The van der Waals surface area contributed by atoms with Crippen LogP contribution in [-0.4, -0.2) is 69.9 Å². The molecule has 1 fully saturated rings. The lowest BCUT2D eigenvalue weighted by Crippen LogP contribution is -2.50. The van der Waals surface area contributed by atoms with Crippen LogP contribution in [-0.2, 0) is 19.6 Å². The number of carbonyl (C=O) groups is 2. The summed E-state index contributed by atoms with van der Waals surface area (Å²) in [6, 6.07) is 3.02. The highest BCUT2D eigenvalue weighted by molar-refractivity contribution is 7.92. The second-order valence-electron chi connectivity index (χ2n) is 10.2. The molecule has 3 N–H and O–H groups in total. The van der Waals surface area contributed by atoms with E-state index < -0.39 is 21.6 Å². The van der Waals surface area contributed by atoms with Gasteiger partial charge in [-0.1, -0.05) is 19.3 Å². The molecule has 2 heterocycles. The van der Waals surface area contributed by atoms with Crippen LogP contribution < -0.4 is 16.0 Å². The maximum atomic E-state index is 13.1. The van der Waals surface area contributed by atoms with Gasteiger partial charge in [0, 0.05) is 51.4 Å². The number of primary amides is 1. The smallest absolute Gasteiger partial charge is 0.318 e. The van der Waals surface area contributed by atoms with Crippen LogP contribution in [0.4, 0.5) is 10.5 Å². The number of aliphatic imine (C=N–C) groups is 1. The molecule has 11 heteroatoms. The molecule has 0 atom stereocenters. The Bertz CT molecular complexity index is 1160. The third kappa shape index (κ3) is 7.21. The summed E-state index contributed by atoms with van der Waals surface area (Å²) in [5.74, 6) is 0.604. The third-order valence-electron chi connectivity index (χ3n) is 7.40. The molecule has 38 heavy (non-hydrogen) atoms. The number of carbonyl (C=O) groups excluding carboxylic acids is 2. The fraction of sp³-hybridized carbons (Fsp3) is 0.593. The van der Waals surface area contributed by atoms with Crippen molar-refractivity contribution in [2.75, 3.05) is 38.8 Å². The van der Waals surface area contributed by atoms with Gasteiger partial charge in [-0.05, 0) is 74.4 Å².